The van der Waals surface area contributed by atoms with E-state index in [0.29, 0.717) is 94.7 Å². The van der Waals surface area contributed by atoms with Crippen molar-refractivity contribution < 1.29 is 88.9 Å². The lowest BCUT2D eigenvalue weighted by Crippen LogP contribution is -2.51. The molecule has 24 nitrogen and oxygen atoms in total. The van der Waals surface area contributed by atoms with Gasteiger partial charge in [0.05, 0.1) is 95.2 Å². The van der Waals surface area contributed by atoms with Crippen LogP contribution in [0.4, 0.5) is 0 Å². The van der Waals surface area contributed by atoms with E-state index in [0.717, 1.165) is 52.6 Å². The lowest BCUT2D eigenvalue weighted by Gasteiger charge is -2.26. The van der Waals surface area contributed by atoms with Crippen molar-refractivity contribution in [3.8, 4) is 34.5 Å². The van der Waals surface area contributed by atoms with Gasteiger partial charge in [-0.25, -0.2) is 0 Å². The topological polar surface area (TPSA) is 384 Å². The monoisotopic (exact) mass is 1460 g/mol. The van der Waals surface area contributed by atoms with Crippen LogP contribution in [0.15, 0.2) is 146 Å². The molecular formula is C81H114N6O18. The van der Waals surface area contributed by atoms with Crippen LogP contribution in [-0.2, 0) is 48.0 Å². The number of amides is 3. The van der Waals surface area contributed by atoms with Gasteiger partial charge >= 0.3 is 17.9 Å². The molecule has 0 radical (unpaired) electrons. The number of methoxy groups -OCH3 is 3. The molecule has 576 valence electrons. The zero-order valence-electron chi connectivity index (χ0n) is 62.2. The number of aliphatic carboxylic acids is 3. The van der Waals surface area contributed by atoms with Crippen molar-refractivity contribution >= 4 is 35.6 Å². The average molecular weight is 1460 g/mol. The minimum atomic E-state index is -1.08. The summed E-state index contributed by atoms with van der Waals surface area (Å²) in [5, 5.41) is 107. The lowest BCUT2D eigenvalue weighted by atomic mass is 9.89. The highest BCUT2D eigenvalue weighted by Crippen LogP contribution is 2.31. The zero-order chi connectivity index (χ0) is 77.4. The molecule has 0 aliphatic rings. The number of nitrogens with one attached hydrogen (secondary N) is 6. The van der Waals surface area contributed by atoms with Crippen molar-refractivity contribution in [3.63, 3.8) is 0 Å². The number of aryl methyl sites for hydroxylation is 3. The maximum Gasteiger partial charge on any atom is 0.305 e. The molecule has 24 heteroatoms. The molecule has 0 aromatic heterocycles. The number of benzene rings is 6. The number of aliphatic hydroxyl groups excluding tert-OH is 3. The van der Waals surface area contributed by atoms with Crippen LogP contribution in [0.3, 0.4) is 0 Å². The van der Waals surface area contributed by atoms with E-state index in [1.54, 1.807) is 57.2 Å². The third kappa shape index (κ3) is 32.3. The van der Waals surface area contributed by atoms with E-state index in [1.165, 1.54) is 21.3 Å². The van der Waals surface area contributed by atoms with Gasteiger partial charge in [-0.2, -0.15) is 0 Å². The van der Waals surface area contributed by atoms with Crippen LogP contribution in [0, 0.1) is 0 Å². The van der Waals surface area contributed by atoms with E-state index < -0.39 is 90.2 Å². The number of carbonyl (C=O) groups is 6. The number of carbonyl (C=O) groups excluding carboxylic acids is 3. The zero-order valence-corrected chi connectivity index (χ0v) is 62.2. The predicted octanol–water partition coefficient (Wildman–Crippen LogP) is 9.65. The van der Waals surface area contributed by atoms with Gasteiger partial charge in [0.1, 0.15) is 0 Å². The second-order valence-electron chi connectivity index (χ2n) is 26.5. The van der Waals surface area contributed by atoms with E-state index in [2.05, 4.69) is 52.7 Å². The fourth-order valence-corrected chi connectivity index (χ4v) is 12.2. The SMILES string of the molecule is CC[C@@H](C[C@@H](O)[C@@H](C)NC(=O)[C@H](CC(=O)O)NCCCc1ccc(OC)c(O)c1)c1ccccc1.CC[C@@H](C[C@H](O)[C@@H](C)NC(=O)[C@H](CC(=O)O)NCCCc1ccc(OC)c(O)c1)c1ccccc1.CC[C@@H](C[C@H](O)[C@H](C)NC(=O)[C@H](CC(=O)O)NCCCc1ccc(OC)c(O)c1)c1ccccc1. The largest absolute Gasteiger partial charge is 0.504 e. The van der Waals surface area contributed by atoms with Gasteiger partial charge in [0.15, 0.2) is 34.5 Å². The number of rotatable bonds is 45. The van der Waals surface area contributed by atoms with Gasteiger partial charge in [-0.05, 0) is 205 Å². The molecule has 0 fully saturated rings. The van der Waals surface area contributed by atoms with E-state index in [9.17, 15) is 74.7 Å². The van der Waals surface area contributed by atoms with Crippen molar-refractivity contribution in [2.45, 2.75) is 210 Å². The van der Waals surface area contributed by atoms with E-state index in [-0.39, 0.29) is 54.3 Å². The first-order valence-corrected chi connectivity index (χ1v) is 36.3. The Labute approximate surface area is 618 Å². The first-order chi connectivity index (χ1) is 50.2. The molecule has 0 saturated carbocycles. The standard InChI is InChI=1S/3C27H38N2O6/c3*1-4-20(21-10-6-5-7-11-21)16-23(30)18(2)29-27(34)22(17-26(32)33)28-14-8-9-19-12-13-25(35-3)24(31)15-19/h3*5-7,10-13,15,18,20,22-23,28,30-31H,4,8-9,14,16-17H2,1-3H3,(H,29,34)(H,32,33)/t18-,20+,22+,23+;18-,20+,22+,23-;18-,20-,22-,23-/m110/s1. The maximum absolute atomic E-state index is 12.8. The third-order valence-corrected chi connectivity index (χ3v) is 18.6. The minimum Gasteiger partial charge on any atom is -0.504 e. The van der Waals surface area contributed by atoms with Crippen LogP contribution in [-0.4, -0.2) is 177 Å². The fraction of sp³-hybridized carbons (Fsp3) is 0.481. The molecule has 0 saturated heterocycles. The van der Waals surface area contributed by atoms with Crippen molar-refractivity contribution in [1.29, 1.82) is 0 Å². The Morgan fingerprint density at radius 1 is 0.371 bits per heavy atom. The predicted molar refractivity (Wildman–Crippen MR) is 404 cm³/mol. The second kappa shape index (κ2) is 47.9. The van der Waals surface area contributed by atoms with Crippen LogP contribution >= 0.6 is 0 Å². The molecule has 0 aliphatic heterocycles. The summed E-state index contributed by atoms with van der Waals surface area (Å²) in [6.07, 6.45) is 4.51. The van der Waals surface area contributed by atoms with Crippen LogP contribution in [0.25, 0.3) is 0 Å². The van der Waals surface area contributed by atoms with Crippen LogP contribution < -0.4 is 46.1 Å². The van der Waals surface area contributed by atoms with Crippen molar-refractivity contribution in [1.82, 2.24) is 31.9 Å². The van der Waals surface area contributed by atoms with Crippen LogP contribution in [0.5, 0.6) is 34.5 Å². The van der Waals surface area contributed by atoms with E-state index in [1.807, 2.05) is 109 Å². The molecule has 0 heterocycles. The Hall–Kier alpha value is -9.30. The Morgan fingerprint density at radius 3 is 0.810 bits per heavy atom. The number of aliphatic hydroxyl groups is 3. The molecular weight excluding hydrogens is 1340 g/mol. The third-order valence-electron chi connectivity index (χ3n) is 18.6. The van der Waals surface area contributed by atoms with Gasteiger partial charge in [0.2, 0.25) is 17.7 Å². The average Bonchev–Trinajstić information content (AvgIpc) is 0.912. The number of phenols is 3. The molecule has 12 atom stereocenters. The first kappa shape index (κ1) is 88.1. The van der Waals surface area contributed by atoms with Gasteiger partial charge in [-0.1, -0.05) is 130 Å². The van der Waals surface area contributed by atoms with Crippen molar-refractivity contribution in [2.75, 3.05) is 41.0 Å². The molecule has 6 aromatic carbocycles. The molecule has 6 aromatic rings. The highest BCUT2D eigenvalue weighted by molar-refractivity contribution is 5.87. The van der Waals surface area contributed by atoms with Gasteiger partial charge < -0.3 is 92.1 Å². The van der Waals surface area contributed by atoms with Gasteiger partial charge in [0.25, 0.3) is 0 Å². The molecule has 15 N–H and O–H groups in total. The summed E-state index contributed by atoms with van der Waals surface area (Å²) < 4.78 is 15.1. The van der Waals surface area contributed by atoms with Crippen LogP contribution in [0.1, 0.15) is 170 Å². The molecule has 0 unspecified atom stereocenters. The van der Waals surface area contributed by atoms with Gasteiger partial charge in [-0.15, -0.1) is 0 Å². The Balaban J connectivity index is 0.000000333. The molecule has 6 rings (SSSR count). The summed E-state index contributed by atoms with van der Waals surface area (Å²) >= 11 is 0. The number of ether oxygens (including phenoxy) is 3. The molecule has 0 bridgehead atoms. The Morgan fingerprint density at radius 2 is 0.610 bits per heavy atom. The number of phenolic OH excluding ortho intramolecular Hbond substituents is 3. The number of carboxylic acids is 3. The second-order valence-corrected chi connectivity index (χ2v) is 26.5. The highest BCUT2D eigenvalue weighted by atomic mass is 16.5. The maximum atomic E-state index is 12.8. The number of carboxylic acid groups (broad SMARTS) is 3. The van der Waals surface area contributed by atoms with Gasteiger partial charge in [0, 0.05) is 0 Å². The summed E-state index contributed by atoms with van der Waals surface area (Å²) in [7, 11) is 4.45. The highest BCUT2D eigenvalue weighted by Gasteiger charge is 2.30. The molecule has 3 amide bonds. The summed E-state index contributed by atoms with van der Waals surface area (Å²) in [5.41, 5.74) is 6.15. The molecule has 0 aliphatic carbocycles. The first-order valence-electron chi connectivity index (χ1n) is 36.3. The number of hydrogen-bond acceptors (Lipinski definition) is 18. The molecule has 0 spiro atoms. The quantitative estimate of drug-likeness (QED) is 0.0158. The number of hydrogen-bond donors (Lipinski definition) is 15. The Kier molecular flexibility index (Phi) is 40.2. The summed E-state index contributed by atoms with van der Waals surface area (Å²) in [5.74, 6) is -2.73. The van der Waals surface area contributed by atoms with Gasteiger partial charge in [-0.3, -0.25) is 28.8 Å². The molecule has 105 heavy (non-hydrogen) atoms. The van der Waals surface area contributed by atoms with Crippen molar-refractivity contribution in [2.24, 2.45) is 0 Å². The lowest BCUT2D eigenvalue weighted by molar-refractivity contribution is -0.140. The van der Waals surface area contributed by atoms with E-state index >= 15 is 0 Å². The minimum absolute atomic E-state index is 0.0613. The summed E-state index contributed by atoms with van der Waals surface area (Å²) in [4.78, 5) is 72.4. The normalized spacial score (nSPS) is 14.5. The Bertz CT molecular complexity index is 3170. The van der Waals surface area contributed by atoms with E-state index in [4.69, 9.17) is 14.2 Å². The fourth-order valence-electron chi connectivity index (χ4n) is 12.2. The summed E-state index contributed by atoms with van der Waals surface area (Å²) in [6, 6.07) is 41.0. The smallest absolute Gasteiger partial charge is 0.305 e. The summed E-state index contributed by atoms with van der Waals surface area (Å²) in [6.45, 7) is 12.6. The van der Waals surface area contributed by atoms with Crippen molar-refractivity contribution in [3.05, 3.63) is 179 Å². The number of aromatic hydroxyl groups is 3. The van der Waals surface area contributed by atoms with Crippen LogP contribution in [0.2, 0.25) is 0 Å².